The lowest BCUT2D eigenvalue weighted by Gasteiger charge is -2.07. The van der Waals surface area contributed by atoms with Crippen LogP contribution in [0.4, 0.5) is 4.39 Å². The van der Waals surface area contributed by atoms with Gasteiger partial charge in [-0.25, -0.2) is 4.39 Å². The number of halogens is 1. The number of hydrogen-bond donors (Lipinski definition) is 1. The Balaban J connectivity index is 2.64. The van der Waals surface area contributed by atoms with E-state index in [9.17, 15) is 9.18 Å². The van der Waals surface area contributed by atoms with E-state index in [-0.39, 0.29) is 6.42 Å². The molecule has 0 saturated heterocycles. The first kappa shape index (κ1) is 12.5. The lowest BCUT2D eigenvalue weighted by molar-refractivity contribution is -0.137. The van der Waals surface area contributed by atoms with E-state index in [4.69, 9.17) is 9.84 Å². The molecule has 88 valence electrons. The standard InChI is InChI=1S/C12H15FO3/c1-16-11-6-5-9(7-10(11)8-13)3-2-4-12(14)15/h5-7H,2-4,8H2,1H3,(H,14,15). The summed E-state index contributed by atoms with van der Waals surface area (Å²) in [6, 6.07) is 5.27. The number of carbonyl (C=O) groups is 1. The third-order valence-corrected chi connectivity index (χ3v) is 2.34. The Hall–Kier alpha value is -1.58. The van der Waals surface area contributed by atoms with Crippen LogP contribution < -0.4 is 4.74 Å². The Labute approximate surface area is 93.9 Å². The van der Waals surface area contributed by atoms with Gasteiger partial charge in [-0.3, -0.25) is 4.79 Å². The van der Waals surface area contributed by atoms with Gasteiger partial charge in [-0.2, -0.15) is 0 Å². The van der Waals surface area contributed by atoms with E-state index in [0.29, 0.717) is 24.2 Å². The van der Waals surface area contributed by atoms with Gasteiger partial charge in [0.2, 0.25) is 0 Å². The number of benzene rings is 1. The van der Waals surface area contributed by atoms with Gasteiger partial charge in [0.05, 0.1) is 7.11 Å². The lowest BCUT2D eigenvalue weighted by atomic mass is 10.0. The maximum atomic E-state index is 12.6. The Kier molecular flexibility index (Phi) is 4.76. The molecule has 0 unspecified atom stereocenters. The van der Waals surface area contributed by atoms with Crippen molar-refractivity contribution >= 4 is 5.97 Å². The van der Waals surface area contributed by atoms with Crippen molar-refractivity contribution in [3.05, 3.63) is 29.3 Å². The minimum absolute atomic E-state index is 0.136. The maximum Gasteiger partial charge on any atom is 0.303 e. The van der Waals surface area contributed by atoms with E-state index in [1.54, 1.807) is 12.1 Å². The summed E-state index contributed by atoms with van der Waals surface area (Å²) in [6.45, 7) is -0.573. The highest BCUT2D eigenvalue weighted by Gasteiger charge is 2.04. The largest absolute Gasteiger partial charge is 0.496 e. The summed E-state index contributed by atoms with van der Waals surface area (Å²) in [5.74, 6) is -0.274. The van der Waals surface area contributed by atoms with E-state index in [0.717, 1.165) is 5.56 Å². The molecule has 4 heteroatoms. The van der Waals surface area contributed by atoms with Crippen LogP contribution in [0.25, 0.3) is 0 Å². The zero-order chi connectivity index (χ0) is 12.0. The fraction of sp³-hybridized carbons (Fsp3) is 0.417. The molecule has 0 aliphatic heterocycles. The van der Waals surface area contributed by atoms with E-state index in [1.807, 2.05) is 6.07 Å². The Bertz CT molecular complexity index is 363. The summed E-state index contributed by atoms with van der Waals surface area (Å²) in [7, 11) is 1.50. The molecule has 0 aliphatic carbocycles. The zero-order valence-electron chi connectivity index (χ0n) is 9.20. The molecule has 0 saturated carbocycles. The van der Waals surface area contributed by atoms with Crippen molar-refractivity contribution in [2.45, 2.75) is 25.9 Å². The summed E-state index contributed by atoms with van der Waals surface area (Å²) in [5, 5.41) is 8.49. The van der Waals surface area contributed by atoms with Gasteiger partial charge in [-0.15, -0.1) is 0 Å². The summed E-state index contributed by atoms with van der Waals surface area (Å²) in [6.07, 6.45) is 1.34. The molecule has 0 amide bonds. The highest BCUT2D eigenvalue weighted by atomic mass is 19.1. The first-order valence-corrected chi connectivity index (χ1v) is 5.11. The molecule has 0 atom stereocenters. The number of methoxy groups -OCH3 is 1. The first-order chi connectivity index (χ1) is 7.67. The van der Waals surface area contributed by atoms with Crippen molar-refractivity contribution in [1.29, 1.82) is 0 Å². The number of hydrogen-bond acceptors (Lipinski definition) is 2. The Morgan fingerprint density at radius 3 is 2.81 bits per heavy atom. The zero-order valence-corrected chi connectivity index (χ0v) is 9.20. The van der Waals surface area contributed by atoms with Gasteiger partial charge in [0, 0.05) is 12.0 Å². The van der Waals surface area contributed by atoms with Gasteiger partial charge in [-0.1, -0.05) is 6.07 Å². The van der Waals surface area contributed by atoms with E-state index < -0.39 is 12.6 Å². The fourth-order valence-electron chi connectivity index (χ4n) is 1.54. The molecule has 0 aliphatic rings. The van der Waals surface area contributed by atoms with Crippen molar-refractivity contribution in [2.75, 3.05) is 7.11 Å². The van der Waals surface area contributed by atoms with Crippen molar-refractivity contribution in [3.8, 4) is 5.75 Å². The Morgan fingerprint density at radius 2 is 2.25 bits per heavy atom. The van der Waals surface area contributed by atoms with Crippen LogP contribution in [0.1, 0.15) is 24.0 Å². The fourth-order valence-corrected chi connectivity index (χ4v) is 1.54. The van der Waals surface area contributed by atoms with Crippen LogP contribution >= 0.6 is 0 Å². The smallest absolute Gasteiger partial charge is 0.303 e. The van der Waals surface area contributed by atoms with Gasteiger partial charge in [0.1, 0.15) is 12.4 Å². The summed E-state index contributed by atoms with van der Waals surface area (Å²) in [4.78, 5) is 10.3. The predicted molar refractivity (Wildman–Crippen MR) is 58.4 cm³/mol. The van der Waals surface area contributed by atoms with Crippen molar-refractivity contribution in [3.63, 3.8) is 0 Å². The highest BCUT2D eigenvalue weighted by Crippen LogP contribution is 2.21. The molecule has 1 aromatic rings. The van der Waals surface area contributed by atoms with Crippen molar-refractivity contribution < 1.29 is 19.0 Å². The molecule has 1 rings (SSSR count). The summed E-state index contributed by atoms with van der Waals surface area (Å²) < 4.78 is 17.6. The van der Waals surface area contributed by atoms with Crippen LogP contribution in [0.15, 0.2) is 18.2 Å². The second kappa shape index (κ2) is 6.10. The molecular formula is C12H15FO3. The predicted octanol–water partition coefficient (Wildman–Crippen LogP) is 2.57. The molecule has 16 heavy (non-hydrogen) atoms. The van der Waals surface area contributed by atoms with Gasteiger partial charge in [0.15, 0.2) is 0 Å². The molecule has 1 aromatic carbocycles. The van der Waals surface area contributed by atoms with Crippen LogP contribution in [-0.4, -0.2) is 18.2 Å². The molecule has 0 fully saturated rings. The monoisotopic (exact) mass is 226 g/mol. The Morgan fingerprint density at radius 1 is 1.50 bits per heavy atom. The first-order valence-electron chi connectivity index (χ1n) is 5.11. The van der Waals surface area contributed by atoms with E-state index in [2.05, 4.69) is 0 Å². The van der Waals surface area contributed by atoms with Crippen molar-refractivity contribution in [2.24, 2.45) is 0 Å². The van der Waals surface area contributed by atoms with Crippen LogP contribution in [-0.2, 0) is 17.9 Å². The normalized spacial score (nSPS) is 10.1. The van der Waals surface area contributed by atoms with Gasteiger partial charge >= 0.3 is 5.97 Å². The molecule has 0 bridgehead atoms. The number of aryl methyl sites for hydroxylation is 1. The number of rotatable bonds is 6. The van der Waals surface area contributed by atoms with Crippen LogP contribution in [0.3, 0.4) is 0 Å². The minimum atomic E-state index is -0.806. The number of alkyl halides is 1. The number of carboxylic acid groups (broad SMARTS) is 1. The van der Waals surface area contributed by atoms with E-state index >= 15 is 0 Å². The molecule has 1 N–H and O–H groups in total. The summed E-state index contributed by atoms with van der Waals surface area (Å²) in [5.41, 5.74) is 1.45. The SMILES string of the molecule is COc1ccc(CCCC(=O)O)cc1CF. The summed E-state index contributed by atoms with van der Waals surface area (Å²) >= 11 is 0. The quantitative estimate of drug-likeness (QED) is 0.810. The second-order valence-corrected chi connectivity index (χ2v) is 3.53. The molecule has 0 radical (unpaired) electrons. The van der Waals surface area contributed by atoms with Gasteiger partial charge in [0.25, 0.3) is 0 Å². The molecule has 0 aromatic heterocycles. The third kappa shape index (κ3) is 3.53. The topological polar surface area (TPSA) is 46.5 Å². The number of aliphatic carboxylic acids is 1. The lowest BCUT2D eigenvalue weighted by Crippen LogP contribution is -1.97. The minimum Gasteiger partial charge on any atom is -0.496 e. The van der Waals surface area contributed by atoms with Gasteiger partial charge < -0.3 is 9.84 Å². The van der Waals surface area contributed by atoms with Crippen LogP contribution in [0, 0.1) is 0 Å². The van der Waals surface area contributed by atoms with Crippen LogP contribution in [0.5, 0.6) is 5.75 Å². The third-order valence-electron chi connectivity index (χ3n) is 2.34. The number of ether oxygens (including phenoxy) is 1. The molecule has 3 nitrogen and oxygen atoms in total. The second-order valence-electron chi connectivity index (χ2n) is 3.53. The van der Waals surface area contributed by atoms with Crippen LogP contribution in [0.2, 0.25) is 0 Å². The molecule has 0 spiro atoms. The van der Waals surface area contributed by atoms with E-state index in [1.165, 1.54) is 7.11 Å². The average Bonchev–Trinajstić information content (AvgIpc) is 2.28. The molecular weight excluding hydrogens is 211 g/mol. The van der Waals surface area contributed by atoms with Gasteiger partial charge in [-0.05, 0) is 30.5 Å². The maximum absolute atomic E-state index is 12.6. The molecule has 0 heterocycles. The number of carboxylic acids is 1. The van der Waals surface area contributed by atoms with Crippen molar-refractivity contribution in [1.82, 2.24) is 0 Å². The average molecular weight is 226 g/mol. The highest BCUT2D eigenvalue weighted by molar-refractivity contribution is 5.66.